The van der Waals surface area contributed by atoms with Gasteiger partial charge >= 0.3 is 0 Å². The molecule has 1 amide bonds. The molecule has 0 saturated heterocycles. The second-order valence-corrected chi connectivity index (χ2v) is 8.05. The maximum absolute atomic E-state index is 12.9. The summed E-state index contributed by atoms with van der Waals surface area (Å²) in [4.78, 5) is 21.7. The highest BCUT2D eigenvalue weighted by atomic mass is 16.5. The van der Waals surface area contributed by atoms with Crippen LogP contribution in [0.25, 0.3) is 22.6 Å². The molecule has 3 heterocycles. The molecule has 1 N–H and O–H groups in total. The van der Waals surface area contributed by atoms with Crippen LogP contribution in [0.1, 0.15) is 29.3 Å². The Hall–Kier alpha value is -4.39. The van der Waals surface area contributed by atoms with E-state index in [1.165, 1.54) is 0 Å². The lowest BCUT2D eigenvalue weighted by molar-refractivity contribution is 0.102. The number of hydrogen-bond donors (Lipinski definition) is 1. The van der Waals surface area contributed by atoms with Gasteiger partial charge in [-0.15, -0.1) is 0 Å². The first-order chi connectivity index (χ1) is 16.6. The van der Waals surface area contributed by atoms with E-state index in [1.807, 2.05) is 90.2 Å². The van der Waals surface area contributed by atoms with Gasteiger partial charge < -0.3 is 10.1 Å². The number of benzene rings is 2. The van der Waals surface area contributed by atoms with Crippen LogP contribution in [-0.2, 0) is 0 Å². The van der Waals surface area contributed by atoms with Gasteiger partial charge in [-0.25, -0.2) is 9.50 Å². The van der Waals surface area contributed by atoms with E-state index in [1.54, 1.807) is 18.3 Å². The fourth-order valence-electron chi connectivity index (χ4n) is 3.89. The molecule has 0 atom stereocenters. The highest BCUT2D eigenvalue weighted by molar-refractivity contribution is 6.04. The van der Waals surface area contributed by atoms with Crippen molar-refractivity contribution in [2.75, 3.05) is 11.9 Å². The summed E-state index contributed by atoms with van der Waals surface area (Å²) in [6.45, 7) is 4.71. The number of nitrogens with one attached hydrogen (secondary N) is 1. The number of aryl methyl sites for hydroxylation is 1. The van der Waals surface area contributed by atoms with Crippen LogP contribution in [0.15, 0.2) is 85.5 Å². The van der Waals surface area contributed by atoms with Crippen LogP contribution in [0.4, 0.5) is 5.69 Å². The van der Waals surface area contributed by atoms with Gasteiger partial charge in [-0.05, 0) is 61.4 Å². The topological polar surface area (TPSA) is 73.4 Å². The van der Waals surface area contributed by atoms with Crippen LogP contribution in [0.3, 0.4) is 0 Å². The SMILES string of the molecule is CCCOc1cccc(C(=O)Nc2ccc(C)c(-n3ccc4ncc(-c5cccnc5)n43)c2)c1. The quantitative estimate of drug-likeness (QED) is 0.353. The van der Waals surface area contributed by atoms with Crippen LogP contribution in [0.5, 0.6) is 5.75 Å². The van der Waals surface area contributed by atoms with Crippen molar-refractivity contribution in [2.24, 2.45) is 0 Å². The summed E-state index contributed by atoms with van der Waals surface area (Å²) in [6, 6.07) is 19.0. The Morgan fingerprint density at radius 3 is 2.79 bits per heavy atom. The number of aromatic nitrogens is 4. The third-order valence-corrected chi connectivity index (χ3v) is 5.58. The molecule has 3 aromatic heterocycles. The molecule has 0 radical (unpaired) electrons. The Kier molecular flexibility index (Phi) is 5.82. The van der Waals surface area contributed by atoms with E-state index < -0.39 is 0 Å². The molecule has 0 aliphatic rings. The maximum atomic E-state index is 12.9. The number of imidazole rings is 1. The molecule has 0 aliphatic heterocycles. The summed E-state index contributed by atoms with van der Waals surface area (Å²) in [5, 5.41) is 3.02. The zero-order valence-corrected chi connectivity index (χ0v) is 19.1. The standard InChI is InChI=1S/C27H25N5O2/c1-3-14-34-23-8-4-6-20(15-23)27(33)30-22-10-9-19(2)24(16-22)31-13-11-26-29-18-25(32(26)31)21-7-5-12-28-17-21/h4-13,15-18H,3,14H2,1-2H3,(H,30,33). The van der Waals surface area contributed by atoms with E-state index in [9.17, 15) is 4.79 Å². The molecule has 0 fully saturated rings. The van der Waals surface area contributed by atoms with Gasteiger partial charge in [0, 0.05) is 41.5 Å². The second kappa shape index (κ2) is 9.23. The molecule has 0 unspecified atom stereocenters. The molecule has 0 aliphatic carbocycles. The molecule has 0 bridgehead atoms. The van der Waals surface area contributed by atoms with Gasteiger partial charge in [-0.1, -0.05) is 19.1 Å². The lowest BCUT2D eigenvalue weighted by Crippen LogP contribution is -2.13. The minimum atomic E-state index is -0.187. The molecule has 34 heavy (non-hydrogen) atoms. The Balaban J connectivity index is 1.47. The fraction of sp³-hybridized carbons (Fsp3) is 0.148. The van der Waals surface area contributed by atoms with Crippen molar-refractivity contribution in [1.29, 1.82) is 0 Å². The molecule has 2 aromatic carbocycles. The molecule has 7 heteroatoms. The van der Waals surface area contributed by atoms with E-state index >= 15 is 0 Å². The Labute approximate surface area is 197 Å². The van der Waals surface area contributed by atoms with Gasteiger partial charge in [0.15, 0.2) is 5.65 Å². The van der Waals surface area contributed by atoms with Crippen molar-refractivity contribution >= 4 is 17.2 Å². The summed E-state index contributed by atoms with van der Waals surface area (Å²) in [6.07, 6.45) is 8.31. The van der Waals surface area contributed by atoms with E-state index in [0.717, 1.165) is 34.6 Å². The van der Waals surface area contributed by atoms with Gasteiger partial charge in [0.25, 0.3) is 5.91 Å². The molecular formula is C27H25N5O2. The molecule has 0 saturated carbocycles. The summed E-state index contributed by atoms with van der Waals surface area (Å²) in [7, 11) is 0. The second-order valence-electron chi connectivity index (χ2n) is 8.05. The molecular weight excluding hydrogens is 426 g/mol. The first-order valence-corrected chi connectivity index (χ1v) is 11.2. The van der Waals surface area contributed by atoms with Crippen LogP contribution in [0, 0.1) is 6.92 Å². The van der Waals surface area contributed by atoms with Crippen molar-refractivity contribution in [2.45, 2.75) is 20.3 Å². The van der Waals surface area contributed by atoms with Gasteiger partial charge in [0.2, 0.25) is 0 Å². The number of hydrogen-bond acceptors (Lipinski definition) is 4. The highest BCUT2D eigenvalue weighted by Gasteiger charge is 2.14. The van der Waals surface area contributed by atoms with Crippen molar-refractivity contribution in [3.05, 3.63) is 96.6 Å². The van der Waals surface area contributed by atoms with E-state index in [4.69, 9.17) is 4.74 Å². The maximum Gasteiger partial charge on any atom is 0.255 e. The summed E-state index contributed by atoms with van der Waals surface area (Å²) in [5.41, 5.74) is 6.00. The Morgan fingerprint density at radius 2 is 1.97 bits per heavy atom. The minimum Gasteiger partial charge on any atom is -0.494 e. The Morgan fingerprint density at radius 1 is 1.06 bits per heavy atom. The number of anilines is 1. The number of fused-ring (bicyclic) bond motifs is 1. The number of pyridine rings is 1. The zero-order valence-electron chi connectivity index (χ0n) is 19.1. The number of nitrogens with zero attached hydrogens (tertiary/aromatic N) is 4. The van der Waals surface area contributed by atoms with Gasteiger partial charge in [-0.2, -0.15) is 0 Å². The van der Waals surface area contributed by atoms with E-state index in [0.29, 0.717) is 23.6 Å². The van der Waals surface area contributed by atoms with Gasteiger partial charge in [0.1, 0.15) is 5.75 Å². The first-order valence-electron chi connectivity index (χ1n) is 11.2. The van der Waals surface area contributed by atoms with Crippen molar-refractivity contribution in [1.82, 2.24) is 19.2 Å². The third kappa shape index (κ3) is 4.15. The number of carbonyl (C=O) groups is 1. The third-order valence-electron chi connectivity index (χ3n) is 5.58. The van der Waals surface area contributed by atoms with Crippen molar-refractivity contribution in [3.63, 3.8) is 0 Å². The van der Waals surface area contributed by atoms with Gasteiger partial charge in [-0.3, -0.25) is 14.5 Å². The van der Waals surface area contributed by atoms with Crippen LogP contribution >= 0.6 is 0 Å². The fourth-order valence-corrected chi connectivity index (χ4v) is 3.89. The zero-order chi connectivity index (χ0) is 23.5. The average Bonchev–Trinajstić information content (AvgIpc) is 3.47. The number of carbonyl (C=O) groups excluding carboxylic acids is 1. The highest BCUT2D eigenvalue weighted by Crippen LogP contribution is 2.26. The predicted octanol–water partition coefficient (Wildman–Crippen LogP) is 5.54. The molecule has 7 nitrogen and oxygen atoms in total. The lowest BCUT2D eigenvalue weighted by atomic mass is 10.1. The number of amides is 1. The van der Waals surface area contributed by atoms with Gasteiger partial charge in [0.05, 0.1) is 24.2 Å². The lowest BCUT2D eigenvalue weighted by Gasteiger charge is -2.14. The predicted molar refractivity (Wildman–Crippen MR) is 133 cm³/mol. The Bertz CT molecular complexity index is 1450. The average molecular weight is 452 g/mol. The van der Waals surface area contributed by atoms with Crippen molar-refractivity contribution in [3.8, 4) is 22.7 Å². The largest absolute Gasteiger partial charge is 0.494 e. The van der Waals surface area contributed by atoms with Crippen LogP contribution < -0.4 is 10.1 Å². The molecule has 170 valence electrons. The number of ether oxygens (including phenoxy) is 1. The number of rotatable bonds is 7. The summed E-state index contributed by atoms with van der Waals surface area (Å²) < 4.78 is 9.74. The molecule has 5 rings (SSSR count). The summed E-state index contributed by atoms with van der Waals surface area (Å²) >= 11 is 0. The van der Waals surface area contributed by atoms with Crippen LogP contribution in [0.2, 0.25) is 0 Å². The van der Waals surface area contributed by atoms with E-state index in [2.05, 4.69) is 15.3 Å². The first kappa shape index (κ1) is 21.5. The normalized spacial score (nSPS) is 11.0. The summed E-state index contributed by atoms with van der Waals surface area (Å²) in [5.74, 6) is 0.505. The smallest absolute Gasteiger partial charge is 0.255 e. The monoisotopic (exact) mass is 451 g/mol. The molecule has 0 spiro atoms. The van der Waals surface area contributed by atoms with Crippen molar-refractivity contribution < 1.29 is 9.53 Å². The molecule has 5 aromatic rings. The van der Waals surface area contributed by atoms with Crippen LogP contribution in [-0.4, -0.2) is 31.7 Å². The minimum absolute atomic E-state index is 0.187. The van der Waals surface area contributed by atoms with E-state index in [-0.39, 0.29) is 5.91 Å².